The SMILES string of the molecule is CC(C)C[C@H]1C(=O)N[C@@H](C2CCCCC2)C(=O)N[C@@H](CNC(=O)OC(C)(C)C)C(=O)N[C@@H]([C@H](C)OC(C)(C)C)C(=O)N[C@H](C)CO[C@@H]2CCCCCCCC[C@H]2C(=O)N1C. The van der Waals surface area contributed by atoms with E-state index in [1.165, 1.54) is 0 Å². The summed E-state index contributed by atoms with van der Waals surface area (Å²) in [7, 11) is 1.68. The Morgan fingerprint density at radius 2 is 1.33 bits per heavy atom. The fourth-order valence-corrected chi connectivity index (χ4v) is 8.59. The second kappa shape index (κ2) is 23.7. The number of nitrogens with one attached hydrogen (secondary N) is 5. The third kappa shape index (κ3) is 17.1. The topological polar surface area (TPSA) is 194 Å². The predicted molar refractivity (Wildman–Crippen MR) is 231 cm³/mol. The number of rotatable bonds is 7. The summed E-state index contributed by atoms with van der Waals surface area (Å²) in [4.78, 5) is 86.9. The zero-order chi connectivity index (χ0) is 44.8. The van der Waals surface area contributed by atoms with Crippen LogP contribution in [0.3, 0.4) is 0 Å². The molecule has 3 fully saturated rings. The molecule has 2 aliphatic carbocycles. The maximum atomic E-state index is 14.7. The molecule has 0 spiro atoms. The van der Waals surface area contributed by atoms with Crippen LogP contribution in [0.15, 0.2) is 0 Å². The van der Waals surface area contributed by atoms with Crippen molar-refractivity contribution in [1.82, 2.24) is 31.5 Å². The first-order valence-electron chi connectivity index (χ1n) is 22.8. The fraction of sp³-hybridized carbons (Fsp3) is 0.867. The largest absolute Gasteiger partial charge is 0.444 e. The van der Waals surface area contributed by atoms with Crippen LogP contribution in [0.4, 0.5) is 4.79 Å². The molecular formula is C45H80N6O9. The van der Waals surface area contributed by atoms with Crippen LogP contribution in [0.1, 0.15) is 159 Å². The molecule has 0 aromatic heterocycles. The Labute approximate surface area is 360 Å². The van der Waals surface area contributed by atoms with E-state index in [1.807, 2.05) is 34.6 Å². The lowest BCUT2D eigenvalue weighted by Gasteiger charge is -2.37. The van der Waals surface area contributed by atoms with Crippen molar-refractivity contribution in [3.63, 3.8) is 0 Å². The van der Waals surface area contributed by atoms with Crippen molar-refractivity contribution in [2.75, 3.05) is 20.2 Å². The van der Waals surface area contributed by atoms with Gasteiger partial charge in [-0.05, 0) is 99.3 Å². The molecule has 1 heterocycles. The van der Waals surface area contributed by atoms with Crippen molar-refractivity contribution in [1.29, 1.82) is 0 Å². The monoisotopic (exact) mass is 849 g/mol. The van der Waals surface area contributed by atoms with E-state index in [9.17, 15) is 28.8 Å². The van der Waals surface area contributed by atoms with Gasteiger partial charge in [0.2, 0.25) is 29.5 Å². The van der Waals surface area contributed by atoms with Crippen LogP contribution in [0, 0.1) is 17.8 Å². The minimum atomic E-state index is -1.38. The summed E-state index contributed by atoms with van der Waals surface area (Å²) in [6.07, 6.45) is 9.61. The number of ether oxygens (including phenoxy) is 3. The molecule has 1 saturated heterocycles. The number of nitrogens with zero attached hydrogens (tertiary/aromatic N) is 1. The standard InChI is InChI=1S/C45H80N6O9/c1-28(2)25-34-39(53)50-37(31-21-17-16-18-22-31)41(55)48-33(26-46-43(57)60-45(8,9)10)38(52)49-36(30(4)59-44(5,6)7)40(54)47-29(3)27-58-35-24-20-15-13-12-14-19-23-32(35)42(56)51(34)11/h28-37H,12-27H2,1-11H3,(H,46,57)(H,47,54)(H,48,55)(H,49,52)(H,50,53)/t29-,30+,32-,33+,34+,35-,36+,37+/m1/s1. The lowest BCUT2D eigenvalue weighted by molar-refractivity contribution is -0.148. The van der Waals surface area contributed by atoms with Crippen LogP contribution in [0.2, 0.25) is 0 Å². The molecule has 3 rings (SSSR count). The molecule has 0 bridgehead atoms. The zero-order valence-corrected chi connectivity index (χ0v) is 38.7. The van der Waals surface area contributed by atoms with Gasteiger partial charge in [0, 0.05) is 13.1 Å². The van der Waals surface area contributed by atoms with Gasteiger partial charge in [0.05, 0.1) is 36.9 Å². The second-order valence-corrected chi connectivity index (χ2v) is 19.9. The maximum Gasteiger partial charge on any atom is 0.407 e. The van der Waals surface area contributed by atoms with Crippen molar-refractivity contribution in [2.24, 2.45) is 17.8 Å². The minimum absolute atomic E-state index is 0.0460. The highest BCUT2D eigenvalue weighted by Gasteiger charge is 2.41. The molecule has 6 amide bonds. The molecule has 344 valence electrons. The van der Waals surface area contributed by atoms with Crippen molar-refractivity contribution >= 4 is 35.6 Å². The smallest absolute Gasteiger partial charge is 0.407 e. The van der Waals surface area contributed by atoms with E-state index in [0.29, 0.717) is 32.1 Å². The van der Waals surface area contributed by atoms with E-state index < -0.39 is 89.3 Å². The molecule has 0 unspecified atom stereocenters. The van der Waals surface area contributed by atoms with Crippen LogP contribution in [0.5, 0.6) is 0 Å². The van der Waals surface area contributed by atoms with E-state index >= 15 is 0 Å². The summed E-state index contributed by atoms with van der Waals surface area (Å²) < 4.78 is 18.2. The van der Waals surface area contributed by atoms with Crippen LogP contribution in [-0.2, 0) is 38.2 Å². The number of carbonyl (C=O) groups excluding carboxylic acids is 6. The van der Waals surface area contributed by atoms with Gasteiger partial charge < -0.3 is 45.7 Å². The average molecular weight is 849 g/mol. The normalized spacial score (nSPS) is 29.0. The Hall–Kier alpha value is -3.46. The summed E-state index contributed by atoms with van der Waals surface area (Å²) in [5, 5.41) is 14.3. The number of likely N-dealkylation sites (N-methyl/N-ethyl adjacent to an activating group) is 1. The Morgan fingerprint density at radius 3 is 1.93 bits per heavy atom. The Morgan fingerprint density at radius 1 is 0.750 bits per heavy atom. The number of hydrogen-bond donors (Lipinski definition) is 5. The highest BCUT2D eigenvalue weighted by atomic mass is 16.6. The number of carbonyl (C=O) groups is 6. The molecule has 60 heavy (non-hydrogen) atoms. The van der Waals surface area contributed by atoms with E-state index in [2.05, 4.69) is 26.6 Å². The first-order valence-corrected chi connectivity index (χ1v) is 22.8. The molecule has 0 radical (unpaired) electrons. The minimum Gasteiger partial charge on any atom is -0.444 e. The molecule has 1 aliphatic heterocycles. The zero-order valence-electron chi connectivity index (χ0n) is 38.7. The van der Waals surface area contributed by atoms with Crippen LogP contribution in [-0.4, -0.2) is 114 Å². The average Bonchev–Trinajstić information content (AvgIpc) is 3.15. The number of alkyl carbamates (subject to hydrolysis) is 1. The molecule has 2 saturated carbocycles. The van der Waals surface area contributed by atoms with Crippen LogP contribution in [0.25, 0.3) is 0 Å². The molecule has 0 aromatic carbocycles. The lowest BCUT2D eigenvalue weighted by atomic mass is 9.83. The quantitative estimate of drug-likeness (QED) is 0.227. The Kier molecular flexibility index (Phi) is 20.1. The van der Waals surface area contributed by atoms with E-state index in [0.717, 1.165) is 57.8 Å². The summed E-state index contributed by atoms with van der Waals surface area (Å²) in [5.41, 5.74) is -1.51. The summed E-state index contributed by atoms with van der Waals surface area (Å²) in [6.45, 7) is 17.9. The van der Waals surface area contributed by atoms with Crippen LogP contribution >= 0.6 is 0 Å². The van der Waals surface area contributed by atoms with E-state index in [-0.39, 0.29) is 30.9 Å². The number of fused-ring (bicyclic) bond motifs is 1. The molecule has 3 aliphatic rings. The van der Waals surface area contributed by atoms with Crippen LogP contribution < -0.4 is 26.6 Å². The summed E-state index contributed by atoms with van der Waals surface area (Å²) in [6, 6.07) is -5.03. The maximum absolute atomic E-state index is 14.7. The van der Waals surface area contributed by atoms with Gasteiger partial charge in [0.25, 0.3) is 0 Å². The first-order chi connectivity index (χ1) is 28.1. The predicted octanol–water partition coefficient (Wildman–Crippen LogP) is 5.28. The highest BCUT2D eigenvalue weighted by Crippen LogP contribution is 2.30. The van der Waals surface area contributed by atoms with Gasteiger partial charge in [-0.25, -0.2) is 4.79 Å². The van der Waals surface area contributed by atoms with Gasteiger partial charge in [0.15, 0.2) is 0 Å². The third-order valence-corrected chi connectivity index (χ3v) is 11.6. The molecule has 8 atom stereocenters. The van der Waals surface area contributed by atoms with Crippen molar-refractivity contribution in [2.45, 2.75) is 213 Å². The number of hydrogen-bond acceptors (Lipinski definition) is 9. The molecule has 5 N–H and O–H groups in total. The van der Waals surface area contributed by atoms with Gasteiger partial charge >= 0.3 is 6.09 Å². The van der Waals surface area contributed by atoms with E-state index in [1.54, 1.807) is 46.6 Å². The molecule has 0 aromatic rings. The van der Waals surface area contributed by atoms with Gasteiger partial charge in [0.1, 0.15) is 29.8 Å². The molecule has 15 nitrogen and oxygen atoms in total. The Balaban J connectivity index is 2.15. The molecular weight excluding hydrogens is 769 g/mol. The second-order valence-electron chi connectivity index (χ2n) is 19.9. The van der Waals surface area contributed by atoms with Gasteiger partial charge in [-0.2, -0.15) is 0 Å². The van der Waals surface area contributed by atoms with Crippen molar-refractivity contribution in [3.05, 3.63) is 0 Å². The Bertz CT molecular complexity index is 1420. The third-order valence-electron chi connectivity index (χ3n) is 11.6. The number of amides is 6. The van der Waals surface area contributed by atoms with Crippen molar-refractivity contribution in [3.8, 4) is 0 Å². The lowest BCUT2D eigenvalue weighted by Crippen LogP contribution is -2.63. The first kappa shape index (κ1) is 50.9. The van der Waals surface area contributed by atoms with Gasteiger partial charge in [-0.1, -0.05) is 71.6 Å². The summed E-state index contributed by atoms with van der Waals surface area (Å²) in [5.74, 6) is -3.19. The van der Waals surface area contributed by atoms with Gasteiger partial charge in [-0.15, -0.1) is 0 Å². The fourth-order valence-electron chi connectivity index (χ4n) is 8.59. The highest BCUT2D eigenvalue weighted by molar-refractivity contribution is 5.96. The molecule has 15 heteroatoms. The summed E-state index contributed by atoms with van der Waals surface area (Å²) >= 11 is 0. The van der Waals surface area contributed by atoms with Crippen molar-refractivity contribution < 1.29 is 43.0 Å². The van der Waals surface area contributed by atoms with Gasteiger partial charge in [-0.3, -0.25) is 24.0 Å². The van der Waals surface area contributed by atoms with E-state index in [4.69, 9.17) is 14.2 Å².